The number of hydrogen-bond acceptors (Lipinski definition) is 4. The summed E-state index contributed by atoms with van der Waals surface area (Å²) in [4.78, 5) is 4.75. The summed E-state index contributed by atoms with van der Waals surface area (Å²) in [6.07, 6.45) is 5.01. The molecule has 0 heterocycles. The van der Waals surface area contributed by atoms with Crippen molar-refractivity contribution in [1.29, 1.82) is 0 Å². The minimum Gasteiger partial charge on any atom is -0.497 e. The van der Waals surface area contributed by atoms with Gasteiger partial charge in [0.25, 0.3) is 0 Å². The molecule has 2 rings (SSSR count). The van der Waals surface area contributed by atoms with Crippen LogP contribution in [-0.4, -0.2) is 54.5 Å². The Hall–Kier alpha value is -1.03. The van der Waals surface area contributed by atoms with Crippen molar-refractivity contribution in [3.8, 4) is 11.5 Å². The highest BCUT2D eigenvalue weighted by Crippen LogP contribution is 2.25. The maximum Gasteiger partial charge on any atom is 0.191 e. The van der Waals surface area contributed by atoms with E-state index in [1.807, 2.05) is 25.1 Å². The molecule has 3 atom stereocenters. The summed E-state index contributed by atoms with van der Waals surface area (Å²) in [6.45, 7) is 5.53. The first kappa shape index (κ1) is 26.0. The fourth-order valence-electron chi connectivity index (χ4n) is 3.63. The molecule has 1 aromatic carbocycles. The van der Waals surface area contributed by atoms with Gasteiger partial charge in [0, 0.05) is 40.9 Å². The van der Waals surface area contributed by atoms with Crippen molar-refractivity contribution < 1.29 is 13.7 Å². The van der Waals surface area contributed by atoms with Crippen LogP contribution < -0.4 is 20.1 Å². The van der Waals surface area contributed by atoms with Crippen LogP contribution in [0.25, 0.3) is 0 Å². The molecule has 1 saturated carbocycles. The summed E-state index contributed by atoms with van der Waals surface area (Å²) in [5.74, 6) is 3.25. The SMILES string of the molecule is CCNC(=NCCc1cc(OC)ccc1OC)NC1CCCC(S(=O)CC)C1.I. The van der Waals surface area contributed by atoms with Gasteiger partial charge in [-0.25, -0.2) is 0 Å². The van der Waals surface area contributed by atoms with E-state index in [9.17, 15) is 4.21 Å². The van der Waals surface area contributed by atoms with Gasteiger partial charge in [-0.3, -0.25) is 9.20 Å². The largest absolute Gasteiger partial charge is 0.497 e. The van der Waals surface area contributed by atoms with E-state index in [4.69, 9.17) is 14.5 Å². The molecular weight excluding hydrogens is 501 g/mol. The van der Waals surface area contributed by atoms with E-state index in [0.717, 1.165) is 67.4 Å². The van der Waals surface area contributed by atoms with E-state index in [1.165, 1.54) is 0 Å². The van der Waals surface area contributed by atoms with Crippen molar-refractivity contribution in [2.45, 2.75) is 57.2 Å². The molecule has 1 aliphatic rings. The van der Waals surface area contributed by atoms with E-state index in [0.29, 0.717) is 17.8 Å². The Kier molecular flexibility index (Phi) is 12.6. The zero-order chi connectivity index (χ0) is 20.4. The van der Waals surface area contributed by atoms with Crippen LogP contribution in [0.4, 0.5) is 0 Å². The molecule has 0 spiro atoms. The highest BCUT2D eigenvalue weighted by Gasteiger charge is 2.26. The lowest BCUT2D eigenvalue weighted by molar-refractivity contribution is 0.398. The summed E-state index contributed by atoms with van der Waals surface area (Å²) in [7, 11) is 2.63. The van der Waals surface area contributed by atoms with Crippen LogP contribution in [-0.2, 0) is 17.2 Å². The van der Waals surface area contributed by atoms with Crippen molar-refractivity contribution in [3.63, 3.8) is 0 Å². The number of rotatable bonds is 9. The Labute approximate surface area is 195 Å². The normalized spacial score (nSPS) is 20.3. The van der Waals surface area contributed by atoms with Crippen LogP contribution in [0.1, 0.15) is 45.1 Å². The van der Waals surface area contributed by atoms with Crippen molar-refractivity contribution in [1.82, 2.24) is 10.6 Å². The zero-order valence-corrected chi connectivity index (χ0v) is 21.2. The number of hydrogen-bond donors (Lipinski definition) is 2. The van der Waals surface area contributed by atoms with E-state index in [2.05, 4.69) is 17.6 Å². The summed E-state index contributed by atoms with van der Waals surface area (Å²) in [5, 5.41) is 7.19. The molecule has 166 valence electrons. The Bertz CT molecular complexity index is 673. The quantitative estimate of drug-likeness (QED) is 0.287. The molecule has 0 aliphatic heterocycles. The van der Waals surface area contributed by atoms with Gasteiger partial charge in [-0.2, -0.15) is 0 Å². The van der Waals surface area contributed by atoms with Gasteiger partial charge in [-0.1, -0.05) is 13.3 Å². The molecule has 3 unspecified atom stereocenters. The van der Waals surface area contributed by atoms with E-state index in [1.54, 1.807) is 14.2 Å². The van der Waals surface area contributed by atoms with E-state index >= 15 is 0 Å². The van der Waals surface area contributed by atoms with Crippen molar-refractivity contribution in [3.05, 3.63) is 23.8 Å². The van der Waals surface area contributed by atoms with E-state index in [-0.39, 0.29) is 24.0 Å². The number of nitrogens with one attached hydrogen (secondary N) is 2. The van der Waals surface area contributed by atoms with Crippen LogP contribution in [0.3, 0.4) is 0 Å². The minimum absolute atomic E-state index is 0. The average molecular weight is 538 g/mol. The van der Waals surface area contributed by atoms with Crippen molar-refractivity contribution in [2.75, 3.05) is 33.1 Å². The van der Waals surface area contributed by atoms with Crippen LogP contribution in [0.5, 0.6) is 11.5 Å². The number of methoxy groups -OCH3 is 2. The standard InChI is InChI=1S/C21H35N3O3S.HI/c1-5-22-21(24-17-8-7-9-19(15-17)28(25)6-2)23-13-12-16-14-18(26-3)10-11-20(16)27-4;/h10-11,14,17,19H,5-9,12-13,15H2,1-4H3,(H2,22,23,24);1H. The molecule has 29 heavy (non-hydrogen) atoms. The van der Waals surface area contributed by atoms with Gasteiger partial charge < -0.3 is 20.1 Å². The number of nitrogens with zero attached hydrogens (tertiary/aromatic N) is 1. The smallest absolute Gasteiger partial charge is 0.191 e. The Morgan fingerprint density at radius 2 is 2.03 bits per heavy atom. The van der Waals surface area contributed by atoms with Gasteiger partial charge in [0.1, 0.15) is 11.5 Å². The maximum atomic E-state index is 12.2. The summed E-state index contributed by atoms with van der Waals surface area (Å²) in [6, 6.07) is 6.16. The summed E-state index contributed by atoms with van der Waals surface area (Å²) in [5.41, 5.74) is 1.08. The molecule has 1 aromatic rings. The number of halogens is 1. The highest BCUT2D eigenvalue weighted by atomic mass is 127. The van der Waals surface area contributed by atoms with Gasteiger partial charge in [0.15, 0.2) is 5.96 Å². The van der Waals surface area contributed by atoms with Crippen LogP contribution in [0.2, 0.25) is 0 Å². The number of benzene rings is 1. The van der Waals surface area contributed by atoms with Gasteiger partial charge in [-0.15, -0.1) is 24.0 Å². The van der Waals surface area contributed by atoms with Gasteiger partial charge in [0.2, 0.25) is 0 Å². The van der Waals surface area contributed by atoms with Crippen molar-refractivity contribution >= 4 is 40.7 Å². The van der Waals surface area contributed by atoms with Gasteiger partial charge in [-0.05, 0) is 56.4 Å². The second-order valence-corrected chi connectivity index (χ2v) is 8.99. The lowest BCUT2D eigenvalue weighted by Gasteiger charge is -2.30. The molecule has 6 nitrogen and oxygen atoms in total. The fraction of sp³-hybridized carbons (Fsp3) is 0.667. The number of guanidine groups is 1. The average Bonchev–Trinajstić information content (AvgIpc) is 2.73. The first-order valence-electron chi connectivity index (χ1n) is 10.2. The van der Waals surface area contributed by atoms with Crippen molar-refractivity contribution in [2.24, 2.45) is 4.99 Å². The Morgan fingerprint density at radius 1 is 1.24 bits per heavy atom. The third kappa shape index (κ3) is 8.32. The number of ether oxygens (including phenoxy) is 2. The van der Waals surface area contributed by atoms with Crippen LogP contribution in [0.15, 0.2) is 23.2 Å². The predicted octanol–water partition coefficient (Wildman–Crippen LogP) is 3.50. The topological polar surface area (TPSA) is 72.0 Å². The first-order valence-corrected chi connectivity index (χ1v) is 11.6. The molecule has 8 heteroatoms. The molecule has 2 N–H and O–H groups in total. The lowest BCUT2D eigenvalue weighted by Crippen LogP contribution is -2.46. The number of aliphatic imine (C=N–C) groups is 1. The Balaban J connectivity index is 0.00000420. The minimum atomic E-state index is -0.716. The Morgan fingerprint density at radius 3 is 2.69 bits per heavy atom. The van der Waals surface area contributed by atoms with Crippen LogP contribution in [0, 0.1) is 0 Å². The molecule has 0 amide bonds. The van der Waals surface area contributed by atoms with Gasteiger partial charge >= 0.3 is 0 Å². The zero-order valence-electron chi connectivity index (χ0n) is 18.0. The molecule has 1 aliphatic carbocycles. The summed E-state index contributed by atoms with van der Waals surface area (Å²) < 4.78 is 23.0. The van der Waals surface area contributed by atoms with Crippen LogP contribution >= 0.6 is 24.0 Å². The second kappa shape index (κ2) is 14.1. The fourth-order valence-corrected chi connectivity index (χ4v) is 4.98. The third-order valence-electron chi connectivity index (χ3n) is 5.11. The predicted molar refractivity (Wildman–Crippen MR) is 133 cm³/mol. The van der Waals surface area contributed by atoms with E-state index < -0.39 is 10.8 Å². The molecule has 0 bridgehead atoms. The molecule has 0 saturated heterocycles. The molecular formula is C21H36IN3O3S. The summed E-state index contributed by atoms with van der Waals surface area (Å²) >= 11 is 0. The second-order valence-electron chi connectivity index (χ2n) is 6.99. The molecule has 0 aromatic heterocycles. The van der Waals surface area contributed by atoms with Gasteiger partial charge in [0.05, 0.1) is 14.2 Å². The molecule has 0 radical (unpaired) electrons. The third-order valence-corrected chi connectivity index (χ3v) is 6.85. The first-order chi connectivity index (χ1) is 13.6. The lowest BCUT2D eigenvalue weighted by atomic mass is 9.95. The highest BCUT2D eigenvalue weighted by molar-refractivity contribution is 14.0. The monoisotopic (exact) mass is 537 g/mol. The molecule has 1 fully saturated rings. The maximum absolute atomic E-state index is 12.2.